The van der Waals surface area contributed by atoms with Crippen molar-refractivity contribution in [1.82, 2.24) is 0 Å². The van der Waals surface area contributed by atoms with Gasteiger partial charge in [0.2, 0.25) is 0 Å². The molecule has 0 unspecified atom stereocenters. The van der Waals surface area contributed by atoms with Crippen LogP contribution in [0.5, 0.6) is 0 Å². The Morgan fingerprint density at radius 3 is 1.30 bits per heavy atom. The molecule has 0 aliphatic heterocycles. The molecule has 0 aliphatic rings. The third-order valence-electron chi connectivity index (χ3n) is 3.79. The fourth-order valence-corrected chi connectivity index (χ4v) is 3.26. The van der Waals surface area contributed by atoms with Crippen molar-refractivity contribution >= 4 is 6.08 Å². The lowest BCUT2D eigenvalue weighted by Gasteiger charge is -2.27. The van der Waals surface area contributed by atoms with Crippen LogP contribution in [0.4, 0.5) is 0 Å². The van der Waals surface area contributed by atoms with Crippen molar-refractivity contribution in [1.29, 1.82) is 0 Å². The molecule has 1 aromatic carbocycles. The second-order valence-electron chi connectivity index (χ2n) is 10.7. The maximum absolute atomic E-state index is 4.12. The Labute approximate surface area is 145 Å². The van der Waals surface area contributed by atoms with E-state index in [2.05, 4.69) is 87.1 Å². The van der Waals surface area contributed by atoms with Gasteiger partial charge >= 0.3 is 0 Å². The molecule has 0 aromatic heterocycles. The van der Waals surface area contributed by atoms with Gasteiger partial charge in [-0.25, -0.2) is 0 Å². The van der Waals surface area contributed by atoms with E-state index in [4.69, 9.17) is 0 Å². The van der Waals surface area contributed by atoms with E-state index in [0.717, 1.165) is 19.3 Å². The highest BCUT2D eigenvalue weighted by molar-refractivity contribution is 5.58. The van der Waals surface area contributed by atoms with Gasteiger partial charge in [0.1, 0.15) is 0 Å². The lowest BCUT2D eigenvalue weighted by atomic mass is 9.78. The van der Waals surface area contributed by atoms with Crippen LogP contribution in [0, 0.1) is 16.2 Å². The summed E-state index contributed by atoms with van der Waals surface area (Å²) in [6, 6.07) is 4.86. The van der Waals surface area contributed by atoms with E-state index in [1.54, 1.807) is 0 Å². The first-order chi connectivity index (χ1) is 10.2. The summed E-state index contributed by atoms with van der Waals surface area (Å²) in [5, 5.41) is 0. The van der Waals surface area contributed by atoms with Crippen LogP contribution in [-0.2, 0) is 19.3 Å². The molecule has 0 saturated carbocycles. The number of rotatable bonds is 4. The van der Waals surface area contributed by atoms with Gasteiger partial charge in [-0.15, -0.1) is 0 Å². The summed E-state index contributed by atoms with van der Waals surface area (Å²) in [5.41, 5.74) is 6.66. The minimum atomic E-state index is 0.289. The first kappa shape index (κ1) is 20.0. The third-order valence-corrected chi connectivity index (χ3v) is 3.79. The van der Waals surface area contributed by atoms with Crippen molar-refractivity contribution in [3.8, 4) is 0 Å². The van der Waals surface area contributed by atoms with Crippen LogP contribution >= 0.6 is 0 Å². The molecule has 1 rings (SSSR count). The van der Waals surface area contributed by atoms with Gasteiger partial charge in [-0.1, -0.05) is 87.1 Å². The van der Waals surface area contributed by atoms with Crippen LogP contribution in [0.1, 0.15) is 84.6 Å². The number of hydrogen-bond acceptors (Lipinski definition) is 0. The van der Waals surface area contributed by atoms with Crippen molar-refractivity contribution in [3.05, 3.63) is 41.0 Å². The predicted molar refractivity (Wildman–Crippen MR) is 106 cm³/mol. The highest BCUT2D eigenvalue weighted by Gasteiger charge is 2.21. The molecule has 1 aromatic rings. The molecule has 0 radical (unpaired) electrons. The van der Waals surface area contributed by atoms with Crippen molar-refractivity contribution < 1.29 is 0 Å². The highest BCUT2D eigenvalue weighted by Crippen LogP contribution is 2.32. The summed E-state index contributed by atoms with van der Waals surface area (Å²) in [4.78, 5) is 0. The maximum atomic E-state index is 4.12. The van der Waals surface area contributed by atoms with Gasteiger partial charge in [-0.05, 0) is 57.8 Å². The van der Waals surface area contributed by atoms with Crippen molar-refractivity contribution in [2.24, 2.45) is 16.2 Å². The molecule has 0 heterocycles. The minimum Gasteiger partial charge on any atom is -0.0984 e. The molecule has 0 N–H and O–H groups in total. The van der Waals surface area contributed by atoms with Gasteiger partial charge in [0.05, 0.1) is 0 Å². The lowest BCUT2D eigenvalue weighted by molar-refractivity contribution is 0.399. The zero-order chi connectivity index (χ0) is 18.1. The van der Waals surface area contributed by atoms with E-state index in [-0.39, 0.29) is 10.8 Å². The lowest BCUT2D eigenvalue weighted by Crippen LogP contribution is -2.16. The first-order valence-corrected chi connectivity index (χ1v) is 8.97. The summed E-state index contributed by atoms with van der Waals surface area (Å²) in [7, 11) is 0. The van der Waals surface area contributed by atoms with Gasteiger partial charge in [-0.2, -0.15) is 0 Å². The Kier molecular flexibility index (Phi) is 5.94. The molecule has 130 valence electrons. The standard InChI is InChI=1S/C23H38/c1-11-20-18(15-22(5,6)7)12-17(14-21(2,3)4)13-19(20)16-23(8,9)10/h11-13H,1,14-16H2,2-10H3. The van der Waals surface area contributed by atoms with Crippen LogP contribution in [-0.4, -0.2) is 0 Å². The molecule has 0 nitrogen and oxygen atoms in total. The van der Waals surface area contributed by atoms with E-state index in [1.165, 1.54) is 22.3 Å². The molecule has 0 aliphatic carbocycles. The monoisotopic (exact) mass is 314 g/mol. The molecule has 23 heavy (non-hydrogen) atoms. The van der Waals surface area contributed by atoms with Gasteiger partial charge in [0.25, 0.3) is 0 Å². The Bertz CT molecular complexity index is 502. The molecule has 0 amide bonds. The molecule has 0 spiro atoms. The van der Waals surface area contributed by atoms with Crippen LogP contribution in [0.3, 0.4) is 0 Å². The molecule has 0 bridgehead atoms. The van der Waals surface area contributed by atoms with Gasteiger partial charge in [0, 0.05) is 0 Å². The molecule has 0 saturated heterocycles. The maximum Gasteiger partial charge on any atom is -0.0198 e. The zero-order valence-corrected chi connectivity index (χ0v) is 17.1. The quantitative estimate of drug-likeness (QED) is 0.556. The van der Waals surface area contributed by atoms with Gasteiger partial charge in [-0.3, -0.25) is 0 Å². The predicted octanol–water partition coefficient (Wildman–Crippen LogP) is 7.10. The summed E-state index contributed by atoms with van der Waals surface area (Å²) >= 11 is 0. The number of hydrogen-bond donors (Lipinski definition) is 0. The second-order valence-corrected chi connectivity index (χ2v) is 10.7. The summed E-state index contributed by atoms with van der Waals surface area (Å²) in [6.45, 7) is 25.0. The Balaban J connectivity index is 3.43. The highest BCUT2D eigenvalue weighted by atomic mass is 14.3. The first-order valence-electron chi connectivity index (χ1n) is 8.97. The fourth-order valence-electron chi connectivity index (χ4n) is 3.26. The fraction of sp³-hybridized carbons (Fsp3) is 0.652. The molecular weight excluding hydrogens is 276 g/mol. The normalized spacial score (nSPS) is 13.3. The van der Waals surface area contributed by atoms with Crippen molar-refractivity contribution in [3.63, 3.8) is 0 Å². The van der Waals surface area contributed by atoms with Crippen LogP contribution in [0.15, 0.2) is 18.7 Å². The summed E-state index contributed by atoms with van der Waals surface area (Å²) < 4.78 is 0. The Morgan fingerprint density at radius 1 is 0.696 bits per heavy atom. The van der Waals surface area contributed by atoms with Crippen LogP contribution < -0.4 is 0 Å². The third kappa shape index (κ3) is 7.38. The topological polar surface area (TPSA) is 0 Å². The van der Waals surface area contributed by atoms with Crippen molar-refractivity contribution in [2.45, 2.75) is 81.6 Å². The molecule has 0 fully saturated rings. The summed E-state index contributed by atoms with van der Waals surface area (Å²) in [5.74, 6) is 0. The Morgan fingerprint density at radius 2 is 1.04 bits per heavy atom. The summed E-state index contributed by atoms with van der Waals surface area (Å²) in [6.07, 6.45) is 5.40. The zero-order valence-electron chi connectivity index (χ0n) is 17.1. The van der Waals surface area contributed by atoms with E-state index in [9.17, 15) is 0 Å². The van der Waals surface area contributed by atoms with E-state index < -0.39 is 0 Å². The second kappa shape index (κ2) is 6.83. The van der Waals surface area contributed by atoms with Crippen LogP contribution in [0.2, 0.25) is 0 Å². The molecular formula is C23H38. The van der Waals surface area contributed by atoms with Gasteiger partial charge in [0.15, 0.2) is 0 Å². The SMILES string of the molecule is C=Cc1c(CC(C)(C)C)cc(CC(C)(C)C)cc1CC(C)(C)C. The van der Waals surface area contributed by atoms with Gasteiger partial charge < -0.3 is 0 Å². The molecule has 0 atom stereocenters. The van der Waals surface area contributed by atoms with Crippen molar-refractivity contribution in [2.75, 3.05) is 0 Å². The smallest absolute Gasteiger partial charge is 0.0198 e. The van der Waals surface area contributed by atoms with E-state index in [1.807, 2.05) is 0 Å². The largest absolute Gasteiger partial charge is 0.0984 e. The average molecular weight is 315 g/mol. The number of benzene rings is 1. The Hall–Kier alpha value is -1.04. The molecule has 0 heteroatoms. The van der Waals surface area contributed by atoms with E-state index >= 15 is 0 Å². The average Bonchev–Trinajstić information content (AvgIpc) is 2.21. The minimum absolute atomic E-state index is 0.289. The van der Waals surface area contributed by atoms with Crippen LogP contribution in [0.25, 0.3) is 6.08 Å². The van der Waals surface area contributed by atoms with E-state index in [0.29, 0.717) is 5.41 Å².